The van der Waals surface area contributed by atoms with Gasteiger partial charge in [-0.2, -0.15) is 0 Å². The Morgan fingerprint density at radius 2 is 1.83 bits per heavy atom. The molecular weight excluding hydrogens is 307 g/mol. The molecule has 136 valence electrons. The molecule has 0 radical (unpaired) electrons. The number of halogens is 1. The van der Waals surface area contributed by atoms with Crippen molar-refractivity contribution in [1.82, 2.24) is 10.6 Å². The molecule has 0 aliphatic carbocycles. The molecule has 4 nitrogen and oxygen atoms in total. The number of rotatable bonds is 7. The van der Waals surface area contributed by atoms with Crippen LogP contribution in [0.4, 0.5) is 9.18 Å². The highest BCUT2D eigenvalue weighted by molar-refractivity contribution is 5.68. The van der Waals surface area contributed by atoms with Crippen LogP contribution in [0.3, 0.4) is 0 Å². The summed E-state index contributed by atoms with van der Waals surface area (Å²) in [7, 11) is 0. The first-order valence-electron chi connectivity index (χ1n) is 8.57. The van der Waals surface area contributed by atoms with Gasteiger partial charge in [0.25, 0.3) is 0 Å². The van der Waals surface area contributed by atoms with E-state index < -0.39 is 17.2 Å². The molecule has 1 amide bonds. The van der Waals surface area contributed by atoms with Crippen molar-refractivity contribution in [3.63, 3.8) is 0 Å². The Balaban J connectivity index is 2.68. The lowest BCUT2D eigenvalue weighted by Gasteiger charge is -2.34. The van der Waals surface area contributed by atoms with Gasteiger partial charge in [-0.15, -0.1) is 0 Å². The van der Waals surface area contributed by atoms with E-state index in [1.165, 1.54) is 6.07 Å². The van der Waals surface area contributed by atoms with E-state index in [2.05, 4.69) is 10.6 Å². The van der Waals surface area contributed by atoms with Crippen molar-refractivity contribution in [2.45, 2.75) is 72.1 Å². The molecule has 1 aromatic rings. The molecule has 1 rings (SSSR count). The second kappa shape index (κ2) is 8.47. The molecule has 0 fully saturated rings. The maximum atomic E-state index is 13.8. The van der Waals surface area contributed by atoms with Crippen molar-refractivity contribution in [1.29, 1.82) is 0 Å². The summed E-state index contributed by atoms with van der Waals surface area (Å²) in [6.07, 6.45) is 1.09. The number of aryl methyl sites for hydroxylation is 1. The molecule has 0 heterocycles. The van der Waals surface area contributed by atoms with Gasteiger partial charge in [0, 0.05) is 18.7 Å². The highest BCUT2D eigenvalue weighted by atomic mass is 19.1. The average Bonchev–Trinajstić information content (AvgIpc) is 2.47. The maximum absolute atomic E-state index is 13.8. The predicted molar refractivity (Wildman–Crippen MR) is 95.5 cm³/mol. The van der Waals surface area contributed by atoms with Crippen molar-refractivity contribution < 1.29 is 13.9 Å². The minimum atomic E-state index is -0.532. The Labute approximate surface area is 145 Å². The normalized spacial score (nSPS) is 12.1. The van der Waals surface area contributed by atoms with Gasteiger partial charge in [0.2, 0.25) is 0 Å². The molecule has 24 heavy (non-hydrogen) atoms. The molecule has 0 saturated carbocycles. The fourth-order valence-electron chi connectivity index (χ4n) is 2.52. The predicted octanol–water partition coefficient (Wildman–Crippen LogP) is 4.31. The lowest BCUT2D eigenvalue weighted by atomic mass is 9.92. The molecule has 0 aliphatic rings. The van der Waals surface area contributed by atoms with E-state index in [4.69, 9.17) is 4.74 Å². The fraction of sp³-hybridized carbons (Fsp3) is 0.632. The summed E-state index contributed by atoms with van der Waals surface area (Å²) in [5, 5.41) is 6.25. The van der Waals surface area contributed by atoms with Gasteiger partial charge in [0.15, 0.2) is 0 Å². The number of alkyl carbamates (subject to hydrolysis) is 1. The minimum absolute atomic E-state index is 0.216. The Bertz CT molecular complexity index is 549. The van der Waals surface area contributed by atoms with Gasteiger partial charge in [-0.3, -0.25) is 0 Å². The van der Waals surface area contributed by atoms with E-state index in [9.17, 15) is 9.18 Å². The molecule has 1 aromatic carbocycles. The van der Waals surface area contributed by atoms with Crippen LogP contribution in [0.25, 0.3) is 0 Å². The molecule has 0 atom stereocenters. The average molecular weight is 338 g/mol. The Morgan fingerprint density at radius 3 is 2.38 bits per heavy atom. The Kier molecular flexibility index (Phi) is 7.21. The molecule has 0 unspecified atom stereocenters. The molecule has 0 saturated heterocycles. The summed E-state index contributed by atoms with van der Waals surface area (Å²) < 4.78 is 19.2. The fourth-order valence-corrected chi connectivity index (χ4v) is 2.52. The van der Waals surface area contributed by atoms with E-state index in [0.29, 0.717) is 18.7 Å². The van der Waals surface area contributed by atoms with E-state index in [-0.39, 0.29) is 5.82 Å². The van der Waals surface area contributed by atoms with Crippen LogP contribution in [0.5, 0.6) is 0 Å². The zero-order chi connectivity index (χ0) is 18.4. The molecule has 2 N–H and O–H groups in total. The summed E-state index contributed by atoms with van der Waals surface area (Å²) in [5.74, 6) is -0.216. The van der Waals surface area contributed by atoms with Crippen molar-refractivity contribution in [2.24, 2.45) is 0 Å². The Morgan fingerprint density at radius 1 is 1.21 bits per heavy atom. The van der Waals surface area contributed by atoms with Gasteiger partial charge in [-0.1, -0.05) is 31.5 Å². The van der Waals surface area contributed by atoms with Crippen LogP contribution in [0.1, 0.15) is 58.6 Å². The minimum Gasteiger partial charge on any atom is -0.444 e. The first-order chi connectivity index (χ1) is 11.1. The van der Waals surface area contributed by atoms with Gasteiger partial charge in [0.1, 0.15) is 11.4 Å². The van der Waals surface area contributed by atoms with Crippen molar-refractivity contribution in [3.8, 4) is 0 Å². The lowest BCUT2D eigenvalue weighted by molar-refractivity contribution is 0.0446. The number of carbonyl (C=O) groups excluding carboxylic acids is 1. The number of benzene rings is 1. The standard InChI is InChI=1S/C19H31FN2O2/c1-7-19(8-2,22-17(23)24-18(4,5)6)13-21-12-15-11-14(3)9-10-16(15)20/h9-11,21H,7-8,12-13H2,1-6H3,(H,22,23). The quantitative estimate of drug-likeness (QED) is 0.779. The van der Waals surface area contributed by atoms with Gasteiger partial charge in [0.05, 0.1) is 5.54 Å². The van der Waals surface area contributed by atoms with Crippen LogP contribution in [0, 0.1) is 12.7 Å². The van der Waals surface area contributed by atoms with Crippen LogP contribution in [0.15, 0.2) is 18.2 Å². The monoisotopic (exact) mass is 338 g/mol. The number of amides is 1. The molecule has 0 aliphatic heterocycles. The number of nitrogens with one attached hydrogen (secondary N) is 2. The molecule has 0 aromatic heterocycles. The lowest BCUT2D eigenvalue weighted by Crippen LogP contribution is -2.55. The second-order valence-electron chi connectivity index (χ2n) is 7.31. The van der Waals surface area contributed by atoms with Crippen molar-refractivity contribution in [3.05, 3.63) is 35.1 Å². The van der Waals surface area contributed by atoms with E-state index in [0.717, 1.165) is 18.4 Å². The first kappa shape index (κ1) is 20.4. The third kappa shape index (κ3) is 6.48. The highest BCUT2D eigenvalue weighted by Gasteiger charge is 2.30. The summed E-state index contributed by atoms with van der Waals surface area (Å²) in [6.45, 7) is 12.5. The number of carbonyl (C=O) groups is 1. The van der Waals surface area contributed by atoms with Crippen LogP contribution in [0.2, 0.25) is 0 Å². The smallest absolute Gasteiger partial charge is 0.408 e. The zero-order valence-electron chi connectivity index (χ0n) is 15.8. The van der Waals surface area contributed by atoms with Gasteiger partial charge < -0.3 is 15.4 Å². The van der Waals surface area contributed by atoms with Crippen molar-refractivity contribution >= 4 is 6.09 Å². The van der Waals surface area contributed by atoms with Gasteiger partial charge >= 0.3 is 6.09 Å². The van der Waals surface area contributed by atoms with Crippen LogP contribution >= 0.6 is 0 Å². The van der Waals surface area contributed by atoms with Crippen LogP contribution in [-0.2, 0) is 11.3 Å². The van der Waals surface area contributed by atoms with Gasteiger partial charge in [-0.05, 0) is 46.6 Å². The molecule has 5 heteroatoms. The largest absolute Gasteiger partial charge is 0.444 e. The zero-order valence-corrected chi connectivity index (χ0v) is 15.8. The third-order valence-electron chi connectivity index (χ3n) is 4.10. The summed E-state index contributed by atoms with van der Waals surface area (Å²) in [5.41, 5.74) is 0.712. The van der Waals surface area contributed by atoms with E-state index in [1.54, 1.807) is 6.07 Å². The van der Waals surface area contributed by atoms with Crippen molar-refractivity contribution in [2.75, 3.05) is 6.54 Å². The number of ether oxygens (including phenoxy) is 1. The topological polar surface area (TPSA) is 50.4 Å². The molecule has 0 bridgehead atoms. The SMILES string of the molecule is CCC(CC)(CNCc1cc(C)ccc1F)NC(=O)OC(C)(C)C. The summed E-state index contributed by atoms with van der Waals surface area (Å²) in [4.78, 5) is 12.1. The highest BCUT2D eigenvalue weighted by Crippen LogP contribution is 2.17. The second-order valence-corrected chi connectivity index (χ2v) is 7.31. The van der Waals surface area contributed by atoms with E-state index in [1.807, 2.05) is 47.6 Å². The van der Waals surface area contributed by atoms with Crippen LogP contribution < -0.4 is 10.6 Å². The first-order valence-corrected chi connectivity index (χ1v) is 8.57. The van der Waals surface area contributed by atoms with E-state index >= 15 is 0 Å². The maximum Gasteiger partial charge on any atom is 0.408 e. The summed E-state index contributed by atoms with van der Waals surface area (Å²) >= 11 is 0. The van der Waals surface area contributed by atoms with Gasteiger partial charge in [-0.25, -0.2) is 9.18 Å². The number of hydrogen-bond donors (Lipinski definition) is 2. The number of hydrogen-bond acceptors (Lipinski definition) is 3. The summed E-state index contributed by atoms with van der Waals surface area (Å²) in [6, 6.07) is 5.08. The van der Waals surface area contributed by atoms with Crippen LogP contribution in [-0.4, -0.2) is 23.8 Å². The molecular formula is C19H31FN2O2. The Hall–Kier alpha value is -1.62. The molecule has 0 spiro atoms. The third-order valence-corrected chi connectivity index (χ3v) is 4.10.